The highest BCUT2D eigenvalue weighted by atomic mass is 16.5. The maximum atomic E-state index is 12.4. The van der Waals surface area contributed by atoms with Crippen molar-refractivity contribution in [3.63, 3.8) is 0 Å². The molecule has 1 atom stereocenters. The topological polar surface area (TPSA) is 101 Å². The summed E-state index contributed by atoms with van der Waals surface area (Å²) in [4.78, 5) is 28.4. The number of nitrogens with zero attached hydrogens (tertiary/aromatic N) is 1. The Labute approximate surface area is 209 Å². The standard InChI is InChI=1S/C29H27N3O4/c33-28(23-13-11-22(12-14-23)26-8-4-5-17-30-26)31-18-19-36-25-15-9-21(10-16-25)20-27(29(34)35)32-24-6-2-1-3-7-24/h1-17,27,32H,18-20H2,(H,31,33)(H,34,35). The van der Waals surface area contributed by atoms with Gasteiger partial charge in [-0.3, -0.25) is 9.78 Å². The highest BCUT2D eigenvalue weighted by Crippen LogP contribution is 2.17. The van der Waals surface area contributed by atoms with E-state index in [2.05, 4.69) is 15.6 Å². The Kier molecular flexibility index (Phi) is 8.27. The van der Waals surface area contributed by atoms with Crippen LogP contribution >= 0.6 is 0 Å². The van der Waals surface area contributed by atoms with Crippen LogP contribution in [0.2, 0.25) is 0 Å². The molecule has 0 saturated heterocycles. The molecule has 0 saturated carbocycles. The van der Waals surface area contributed by atoms with Crippen LogP contribution in [0.5, 0.6) is 5.75 Å². The van der Waals surface area contributed by atoms with Gasteiger partial charge in [0.25, 0.3) is 5.91 Å². The predicted molar refractivity (Wildman–Crippen MR) is 139 cm³/mol. The number of aromatic nitrogens is 1. The minimum atomic E-state index is -0.915. The van der Waals surface area contributed by atoms with Crippen molar-refractivity contribution in [1.29, 1.82) is 0 Å². The number of carbonyl (C=O) groups is 2. The molecule has 1 heterocycles. The summed E-state index contributed by atoms with van der Waals surface area (Å²) in [7, 11) is 0. The van der Waals surface area contributed by atoms with Crippen molar-refractivity contribution in [3.8, 4) is 17.0 Å². The number of hydrogen-bond acceptors (Lipinski definition) is 5. The SMILES string of the molecule is O=C(NCCOc1ccc(CC(Nc2ccccc2)C(=O)O)cc1)c1ccc(-c2ccccn2)cc1. The molecule has 1 aromatic heterocycles. The zero-order valence-electron chi connectivity index (χ0n) is 19.6. The molecule has 0 aliphatic heterocycles. The summed E-state index contributed by atoms with van der Waals surface area (Å²) >= 11 is 0. The second kappa shape index (κ2) is 12.2. The maximum Gasteiger partial charge on any atom is 0.326 e. The van der Waals surface area contributed by atoms with Gasteiger partial charge in [0.15, 0.2) is 0 Å². The number of rotatable bonds is 11. The molecule has 3 aromatic carbocycles. The number of carbonyl (C=O) groups excluding carboxylic acids is 1. The number of ether oxygens (including phenoxy) is 1. The van der Waals surface area contributed by atoms with Crippen LogP contribution in [0, 0.1) is 0 Å². The summed E-state index contributed by atoms with van der Waals surface area (Å²) in [6.07, 6.45) is 2.07. The summed E-state index contributed by atoms with van der Waals surface area (Å²) in [5.41, 5.74) is 4.01. The third kappa shape index (κ3) is 6.93. The zero-order valence-corrected chi connectivity index (χ0v) is 19.6. The van der Waals surface area contributed by atoms with E-state index in [0.717, 1.165) is 22.5 Å². The first-order valence-corrected chi connectivity index (χ1v) is 11.6. The highest BCUT2D eigenvalue weighted by Gasteiger charge is 2.17. The molecule has 1 amide bonds. The minimum absolute atomic E-state index is 0.174. The quantitative estimate of drug-likeness (QED) is 0.269. The number of amides is 1. The summed E-state index contributed by atoms with van der Waals surface area (Å²) in [6.45, 7) is 0.662. The van der Waals surface area contributed by atoms with Crippen LogP contribution in [0.25, 0.3) is 11.3 Å². The molecule has 182 valence electrons. The lowest BCUT2D eigenvalue weighted by molar-refractivity contribution is -0.137. The summed E-state index contributed by atoms with van der Waals surface area (Å²) in [5.74, 6) is -0.441. The van der Waals surface area contributed by atoms with Gasteiger partial charge in [0, 0.05) is 29.4 Å². The number of para-hydroxylation sites is 1. The predicted octanol–water partition coefficient (Wildman–Crippen LogP) is 4.67. The number of nitrogens with one attached hydrogen (secondary N) is 2. The molecule has 0 aliphatic carbocycles. The molecule has 0 spiro atoms. The second-order valence-corrected chi connectivity index (χ2v) is 8.15. The fraction of sp³-hybridized carbons (Fsp3) is 0.138. The van der Waals surface area contributed by atoms with Gasteiger partial charge in [-0.15, -0.1) is 0 Å². The summed E-state index contributed by atoms with van der Waals surface area (Å²) in [5, 5.41) is 15.5. The number of hydrogen-bond donors (Lipinski definition) is 3. The van der Waals surface area contributed by atoms with Crippen molar-refractivity contribution in [2.24, 2.45) is 0 Å². The first kappa shape index (κ1) is 24.5. The third-order valence-electron chi connectivity index (χ3n) is 5.54. The second-order valence-electron chi connectivity index (χ2n) is 8.15. The lowest BCUT2D eigenvalue weighted by Gasteiger charge is -2.16. The van der Waals surface area contributed by atoms with Crippen molar-refractivity contribution >= 4 is 17.6 Å². The molecule has 7 heteroatoms. The van der Waals surface area contributed by atoms with Crippen LogP contribution in [0.3, 0.4) is 0 Å². The minimum Gasteiger partial charge on any atom is -0.492 e. The summed E-state index contributed by atoms with van der Waals surface area (Å²) < 4.78 is 5.72. The van der Waals surface area contributed by atoms with Crippen LogP contribution in [-0.2, 0) is 11.2 Å². The van der Waals surface area contributed by atoms with Crippen molar-refractivity contribution in [2.45, 2.75) is 12.5 Å². The largest absolute Gasteiger partial charge is 0.492 e. The molecule has 0 aliphatic rings. The Morgan fingerprint density at radius 2 is 1.58 bits per heavy atom. The fourth-order valence-electron chi connectivity index (χ4n) is 3.65. The van der Waals surface area contributed by atoms with E-state index in [1.807, 2.05) is 72.8 Å². The number of carboxylic acid groups (broad SMARTS) is 1. The van der Waals surface area contributed by atoms with Gasteiger partial charge in [0.1, 0.15) is 18.4 Å². The average molecular weight is 482 g/mol. The Balaban J connectivity index is 1.22. The van der Waals surface area contributed by atoms with Gasteiger partial charge in [-0.1, -0.05) is 48.5 Å². The lowest BCUT2D eigenvalue weighted by Crippen LogP contribution is -2.31. The molecular weight excluding hydrogens is 454 g/mol. The van der Waals surface area contributed by atoms with E-state index in [-0.39, 0.29) is 5.91 Å². The van der Waals surface area contributed by atoms with Crippen molar-refractivity contribution in [3.05, 3.63) is 114 Å². The van der Waals surface area contributed by atoms with E-state index in [1.54, 1.807) is 30.5 Å². The van der Waals surface area contributed by atoms with Gasteiger partial charge in [-0.25, -0.2) is 4.79 Å². The Morgan fingerprint density at radius 3 is 2.25 bits per heavy atom. The van der Waals surface area contributed by atoms with Crippen LogP contribution in [0.15, 0.2) is 103 Å². The van der Waals surface area contributed by atoms with E-state index in [0.29, 0.717) is 30.9 Å². The Hall–Kier alpha value is -4.65. The van der Waals surface area contributed by atoms with Gasteiger partial charge in [-0.05, 0) is 54.1 Å². The molecule has 1 unspecified atom stereocenters. The molecule has 0 fully saturated rings. The normalized spacial score (nSPS) is 11.3. The van der Waals surface area contributed by atoms with Crippen molar-refractivity contribution < 1.29 is 19.4 Å². The smallest absolute Gasteiger partial charge is 0.326 e. The maximum absolute atomic E-state index is 12.4. The third-order valence-corrected chi connectivity index (χ3v) is 5.54. The van der Waals surface area contributed by atoms with Gasteiger partial charge in [-0.2, -0.15) is 0 Å². The van der Waals surface area contributed by atoms with Gasteiger partial charge in [0.05, 0.1) is 12.2 Å². The Bertz CT molecular complexity index is 1260. The first-order valence-electron chi connectivity index (χ1n) is 11.6. The number of benzene rings is 3. The van der Waals surface area contributed by atoms with E-state index < -0.39 is 12.0 Å². The van der Waals surface area contributed by atoms with Gasteiger partial charge in [0.2, 0.25) is 0 Å². The van der Waals surface area contributed by atoms with Crippen LogP contribution < -0.4 is 15.4 Å². The summed E-state index contributed by atoms with van der Waals surface area (Å²) in [6, 6.07) is 28.8. The van der Waals surface area contributed by atoms with Crippen LogP contribution in [-0.4, -0.2) is 41.2 Å². The Morgan fingerprint density at radius 1 is 0.861 bits per heavy atom. The van der Waals surface area contributed by atoms with E-state index in [9.17, 15) is 14.7 Å². The molecular formula is C29H27N3O4. The number of aliphatic carboxylic acids is 1. The van der Waals surface area contributed by atoms with Crippen LogP contribution in [0.4, 0.5) is 5.69 Å². The van der Waals surface area contributed by atoms with Crippen molar-refractivity contribution in [2.75, 3.05) is 18.5 Å². The first-order chi connectivity index (χ1) is 17.6. The van der Waals surface area contributed by atoms with Crippen LogP contribution in [0.1, 0.15) is 15.9 Å². The molecule has 0 radical (unpaired) electrons. The molecule has 4 rings (SSSR count). The fourth-order valence-corrected chi connectivity index (χ4v) is 3.65. The molecule has 0 bridgehead atoms. The van der Waals surface area contributed by atoms with Crippen molar-refractivity contribution in [1.82, 2.24) is 10.3 Å². The zero-order chi connectivity index (χ0) is 25.2. The molecule has 36 heavy (non-hydrogen) atoms. The number of carboxylic acids is 1. The lowest BCUT2D eigenvalue weighted by atomic mass is 10.1. The molecule has 4 aromatic rings. The van der Waals surface area contributed by atoms with E-state index in [1.165, 1.54) is 0 Å². The number of pyridine rings is 1. The highest BCUT2D eigenvalue weighted by molar-refractivity contribution is 5.94. The van der Waals surface area contributed by atoms with E-state index in [4.69, 9.17) is 4.74 Å². The van der Waals surface area contributed by atoms with E-state index >= 15 is 0 Å². The average Bonchev–Trinajstić information content (AvgIpc) is 2.92. The molecule has 7 nitrogen and oxygen atoms in total. The van der Waals surface area contributed by atoms with Gasteiger partial charge >= 0.3 is 5.97 Å². The van der Waals surface area contributed by atoms with Gasteiger partial charge < -0.3 is 20.5 Å². The molecule has 3 N–H and O–H groups in total. The monoisotopic (exact) mass is 481 g/mol. The number of anilines is 1.